The van der Waals surface area contributed by atoms with Gasteiger partial charge in [0.2, 0.25) is 16.3 Å². The van der Waals surface area contributed by atoms with E-state index in [4.69, 9.17) is 0 Å². The number of anilines is 1. The Labute approximate surface area is 231 Å². The maximum atomic E-state index is 14.2. The van der Waals surface area contributed by atoms with Crippen molar-refractivity contribution in [2.45, 2.75) is 38.1 Å². The zero-order valence-corrected chi connectivity index (χ0v) is 24.0. The fraction of sp³-hybridized carbons (Fsp3) is 0.480. The predicted octanol–water partition coefficient (Wildman–Crippen LogP) is 2.45. The van der Waals surface area contributed by atoms with Crippen molar-refractivity contribution < 1.29 is 40.4 Å². The van der Waals surface area contributed by atoms with Crippen LogP contribution in [0.4, 0.5) is 23.2 Å². The fourth-order valence-corrected chi connectivity index (χ4v) is 5.27. The van der Waals surface area contributed by atoms with Gasteiger partial charge in [-0.3, -0.25) is 14.4 Å². The lowest BCUT2D eigenvalue weighted by atomic mass is 9.79. The average Bonchev–Trinajstić information content (AvgIpc) is 3.21. The number of carbonyl (C=O) groups is 3. The largest absolute Gasteiger partial charge is 0.388 e. The number of nitrogens with zero attached hydrogens (tertiary/aromatic N) is 2. The molecule has 1 atom stereocenters. The highest BCUT2D eigenvalue weighted by Crippen LogP contribution is 2.31. The van der Waals surface area contributed by atoms with Crippen LogP contribution in [0.5, 0.6) is 0 Å². The molecule has 2 aromatic rings. The van der Waals surface area contributed by atoms with Gasteiger partial charge in [0.15, 0.2) is 29.6 Å². The highest BCUT2D eigenvalue weighted by molar-refractivity contribution is 7.89. The molecule has 1 aliphatic heterocycles. The first-order chi connectivity index (χ1) is 18.6. The van der Waals surface area contributed by atoms with Crippen LogP contribution >= 0.6 is 0 Å². The summed E-state index contributed by atoms with van der Waals surface area (Å²) in [4.78, 5) is 33.8. The van der Waals surface area contributed by atoms with Crippen LogP contribution in [0.1, 0.15) is 37.7 Å². The van der Waals surface area contributed by atoms with Gasteiger partial charge < -0.3 is 20.1 Å². The van der Waals surface area contributed by atoms with E-state index in [-0.39, 0.29) is 43.5 Å². The summed E-state index contributed by atoms with van der Waals surface area (Å²) >= 11 is 0. The van der Waals surface area contributed by atoms with Gasteiger partial charge in [-0.2, -0.15) is 0 Å². The molecule has 0 bridgehead atoms. The Kier molecular flexibility index (Phi) is 12.9. The van der Waals surface area contributed by atoms with Crippen molar-refractivity contribution in [3.05, 3.63) is 47.3 Å². The van der Waals surface area contributed by atoms with Crippen molar-refractivity contribution in [2.75, 3.05) is 39.0 Å². The molecule has 0 radical (unpaired) electrons. The van der Waals surface area contributed by atoms with Crippen LogP contribution in [0, 0.1) is 28.7 Å². The molecule has 15 heteroatoms. The first-order valence-electron chi connectivity index (χ1n) is 12.1. The lowest BCUT2D eigenvalue weighted by Crippen LogP contribution is -2.57. The molecule has 1 aromatic carbocycles. The van der Waals surface area contributed by atoms with E-state index < -0.39 is 55.6 Å². The Morgan fingerprint density at radius 2 is 1.65 bits per heavy atom. The van der Waals surface area contributed by atoms with Crippen LogP contribution in [0.3, 0.4) is 0 Å². The monoisotopic (exact) mass is 593 g/mol. The van der Waals surface area contributed by atoms with E-state index in [0.29, 0.717) is 0 Å². The highest BCUT2D eigenvalue weighted by Gasteiger charge is 2.40. The summed E-state index contributed by atoms with van der Waals surface area (Å²) in [6.45, 7) is 7.05. The second kappa shape index (κ2) is 14.9. The molecule has 10 nitrogen and oxygen atoms in total. The van der Waals surface area contributed by atoms with Gasteiger partial charge >= 0.3 is 0 Å². The van der Waals surface area contributed by atoms with Crippen molar-refractivity contribution >= 4 is 34.2 Å². The Balaban J connectivity index is 0.000000439. The van der Waals surface area contributed by atoms with E-state index in [9.17, 15) is 40.4 Å². The number of amides is 1. The van der Waals surface area contributed by atoms with E-state index in [1.54, 1.807) is 13.8 Å². The molecule has 1 saturated heterocycles. The Bertz CT molecular complexity index is 1280. The lowest BCUT2D eigenvalue weighted by molar-refractivity contribution is -0.141. The molecule has 3 rings (SSSR count). The van der Waals surface area contributed by atoms with Gasteiger partial charge in [0, 0.05) is 57.2 Å². The van der Waals surface area contributed by atoms with Gasteiger partial charge in [-0.1, -0.05) is 20.8 Å². The SMILES string of the molecule is CCNC.CNc1cc(F)c(F)c(F)c1.Cn1cc(S(=O)(=O)NC2CCN(C(=O)C=O)CC2(C)C)c(F)c1C=O. The lowest BCUT2D eigenvalue weighted by Gasteiger charge is -2.43. The van der Waals surface area contributed by atoms with Crippen LogP contribution < -0.4 is 15.4 Å². The number of aryl methyl sites for hydroxylation is 1. The maximum absolute atomic E-state index is 14.2. The normalized spacial score (nSPS) is 16.1. The van der Waals surface area contributed by atoms with Gasteiger partial charge in [-0.15, -0.1) is 0 Å². The van der Waals surface area contributed by atoms with E-state index in [1.165, 1.54) is 19.0 Å². The predicted molar refractivity (Wildman–Crippen MR) is 141 cm³/mol. The third kappa shape index (κ3) is 8.86. The van der Waals surface area contributed by atoms with Crippen LogP contribution in [-0.4, -0.2) is 76.1 Å². The molecular weight excluding hydrogens is 558 g/mol. The van der Waals surface area contributed by atoms with Crippen molar-refractivity contribution in [3.63, 3.8) is 0 Å². The Hall–Kier alpha value is -3.30. The van der Waals surface area contributed by atoms with E-state index in [1.807, 2.05) is 7.05 Å². The van der Waals surface area contributed by atoms with Crippen molar-refractivity contribution in [2.24, 2.45) is 12.5 Å². The summed E-state index contributed by atoms with van der Waals surface area (Å²) in [5.74, 6) is -5.57. The fourth-order valence-electron chi connectivity index (χ4n) is 3.69. The number of halogens is 4. The third-order valence-electron chi connectivity index (χ3n) is 6.10. The molecule has 1 amide bonds. The zero-order chi connectivity index (χ0) is 30.8. The number of benzene rings is 1. The molecule has 2 heterocycles. The minimum absolute atomic E-state index is 0.189. The number of piperidine rings is 1. The van der Waals surface area contributed by atoms with Crippen molar-refractivity contribution in [3.8, 4) is 0 Å². The van der Waals surface area contributed by atoms with Crippen molar-refractivity contribution in [1.29, 1.82) is 0 Å². The minimum Gasteiger partial charge on any atom is -0.388 e. The summed E-state index contributed by atoms with van der Waals surface area (Å²) < 4.78 is 79.9. The first kappa shape index (κ1) is 34.7. The number of nitrogens with one attached hydrogen (secondary N) is 3. The smallest absolute Gasteiger partial charge is 0.286 e. The Morgan fingerprint density at radius 1 is 1.10 bits per heavy atom. The second-order valence-corrected chi connectivity index (χ2v) is 11.1. The average molecular weight is 594 g/mol. The number of aromatic nitrogens is 1. The number of likely N-dealkylation sites (tertiary alicyclic amines) is 1. The van der Waals surface area contributed by atoms with Gasteiger partial charge in [0.05, 0.1) is 0 Å². The number of carbonyl (C=O) groups excluding carboxylic acids is 3. The van der Waals surface area contributed by atoms with E-state index >= 15 is 0 Å². The van der Waals surface area contributed by atoms with Crippen LogP contribution in [0.2, 0.25) is 0 Å². The van der Waals surface area contributed by atoms with Gasteiger partial charge in [0.1, 0.15) is 10.6 Å². The second-order valence-electron chi connectivity index (χ2n) is 9.46. The molecule has 40 heavy (non-hydrogen) atoms. The van der Waals surface area contributed by atoms with Crippen LogP contribution in [0.25, 0.3) is 0 Å². The number of aldehydes is 2. The van der Waals surface area contributed by atoms with Gasteiger partial charge in [-0.05, 0) is 25.4 Å². The van der Waals surface area contributed by atoms with Crippen LogP contribution in [0.15, 0.2) is 23.2 Å². The summed E-state index contributed by atoms with van der Waals surface area (Å²) in [6.07, 6.45) is 1.79. The maximum Gasteiger partial charge on any atom is 0.286 e. The van der Waals surface area contributed by atoms with Gasteiger partial charge in [0.25, 0.3) is 5.91 Å². The molecule has 3 N–H and O–H groups in total. The number of hydrogen-bond donors (Lipinski definition) is 3. The summed E-state index contributed by atoms with van der Waals surface area (Å²) in [6, 6.07) is 1.21. The number of hydrogen-bond acceptors (Lipinski definition) is 7. The third-order valence-corrected chi connectivity index (χ3v) is 7.56. The molecular formula is C25H35F4N5O5S. The van der Waals surface area contributed by atoms with E-state index in [2.05, 4.69) is 22.3 Å². The summed E-state index contributed by atoms with van der Waals surface area (Å²) in [7, 11) is 0.603. The summed E-state index contributed by atoms with van der Waals surface area (Å²) in [5, 5.41) is 5.42. The first-order valence-corrected chi connectivity index (χ1v) is 13.6. The molecule has 1 aliphatic rings. The van der Waals surface area contributed by atoms with Gasteiger partial charge in [-0.25, -0.2) is 30.7 Å². The topological polar surface area (TPSA) is 130 Å². The molecule has 0 spiro atoms. The molecule has 0 aliphatic carbocycles. The zero-order valence-electron chi connectivity index (χ0n) is 23.1. The molecule has 1 unspecified atom stereocenters. The quantitative estimate of drug-likeness (QED) is 0.195. The Morgan fingerprint density at radius 3 is 2.05 bits per heavy atom. The van der Waals surface area contributed by atoms with Crippen LogP contribution in [-0.2, 0) is 26.7 Å². The highest BCUT2D eigenvalue weighted by atomic mass is 32.2. The summed E-state index contributed by atoms with van der Waals surface area (Å²) in [5.41, 5.74) is -0.810. The van der Waals surface area contributed by atoms with E-state index in [0.717, 1.165) is 29.4 Å². The standard InChI is InChI=1S/C15H20FN3O5S.C7H6F3N.C3H9N/c1-15(2)9-19(13(22)8-21)5-4-12(15)17-25(23,24)11-6-18(3)10(7-20)14(11)16;1-11-4-2-5(8)7(10)6(9)3-4;1-3-4-2/h6-8,12,17H,4-5,9H2,1-3H3;2-3,11H,1H3;4H,3H2,1-2H3. The number of sulfonamides is 1. The minimum atomic E-state index is -4.19. The molecule has 1 aromatic heterocycles. The molecule has 0 saturated carbocycles. The number of rotatable bonds is 7. The van der Waals surface area contributed by atoms with Crippen molar-refractivity contribution in [1.82, 2.24) is 19.5 Å². The molecule has 1 fully saturated rings. The molecule has 224 valence electrons.